The summed E-state index contributed by atoms with van der Waals surface area (Å²) in [5.74, 6) is 0.433. The lowest BCUT2D eigenvalue weighted by Gasteiger charge is -2.09. The van der Waals surface area contributed by atoms with Gasteiger partial charge in [-0.05, 0) is 18.2 Å². The van der Waals surface area contributed by atoms with Gasteiger partial charge in [0.05, 0.1) is 29.0 Å². The molecule has 0 aliphatic carbocycles. The summed E-state index contributed by atoms with van der Waals surface area (Å²) in [4.78, 5) is 37.7. The summed E-state index contributed by atoms with van der Waals surface area (Å²) < 4.78 is 0. The van der Waals surface area contributed by atoms with Crippen LogP contribution < -0.4 is 5.32 Å². The molecule has 1 amide bonds. The van der Waals surface area contributed by atoms with E-state index in [-0.39, 0.29) is 11.8 Å². The number of fused-ring (bicyclic) bond motifs is 2. The Morgan fingerprint density at radius 3 is 2.61 bits per heavy atom. The Balaban J connectivity index is 1.41. The van der Waals surface area contributed by atoms with Crippen LogP contribution in [-0.4, -0.2) is 46.0 Å². The number of carbonyl (C=O) groups is 1. The lowest BCUT2D eigenvalue weighted by Crippen LogP contribution is -2.17. The fraction of sp³-hybridized carbons (Fsp3) is 0.115. The maximum Gasteiger partial charge on any atom is 0.226 e. The standard InChI is InChI=1S/C26H21N9O/c1-14(2)26(36)31-18-6-16(9-28-11-18)17-7-19-23(34-35-24(19)30-10-17)25-32-21-13-29-12-20(22(21)33-25)15-4-3-5-27-8-15/h3-14H,1-2H3,(H,31,36)(H,32,33)(H,30,34,35). The van der Waals surface area contributed by atoms with Crippen LogP contribution in [0.3, 0.4) is 0 Å². The zero-order valence-corrected chi connectivity index (χ0v) is 19.5. The first-order valence-electron chi connectivity index (χ1n) is 11.4. The van der Waals surface area contributed by atoms with Crippen molar-refractivity contribution in [2.75, 3.05) is 5.32 Å². The van der Waals surface area contributed by atoms with Gasteiger partial charge >= 0.3 is 0 Å². The molecule has 0 bridgehead atoms. The first-order chi connectivity index (χ1) is 17.6. The van der Waals surface area contributed by atoms with E-state index in [9.17, 15) is 4.79 Å². The molecule has 10 heteroatoms. The van der Waals surface area contributed by atoms with Gasteiger partial charge in [-0.1, -0.05) is 19.9 Å². The normalized spacial score (nSPS) is 11.4. The lowest BCUT2D eigenvalue weighted by molar-refractivity contribution is -0.118. The maximum atomic E-state index is 12.1. The van der Waals surface area contributed by atoms with Crippen molar-refractivity contribution >= 4 is 33.7 Å². The van der Waals surface area contributed by atoms with Crippen molar-refractivity contribution in [3.63, 3.8) is 0 Å². The van der Waals surface area contributed by atoms with E-state index in [0.717, 1.165) is 38.7 Å². The fourth-order valence-corrected chi connectivity index (χ4v) is 3.98. The molecule has 0 aliphatic heterocycles. The molecule has 36 heavy (non-hydrogen) atoms. The van der Waals surface area contributed by atoms with Gasteiger partial charge in [-0.2, -0.15) is 5.10 Å². The van der Waals surface area contributed by atoms with Crippen molar-refractivity contribution in [1.29, 1.82) is 0 Å². The van der Waals surface area contributed by atoms with Crippen molar-refractivity contribution in [1.82, 2.24) is 40.1 Å². The van der Waals surface area contributed by atoms with Crippen molar-refractivity contribution in [3.8, 4) is 33.8 Å². The molecule has 176 valence electrons. The van der Waals surface area contributed by atoms with Gasteiger partial charge < -0.3 is 10.3 Å². The molecule has 0 saturated carbocycles. The molecular formula is C26H21N9O. The van der Waals surface area contributed by atoms with Gasteiger partial charge in [0, 0.05) is 59.2 Å². The summed E-state index contributed by atoms with van der Waals surface area (Å²) in [6.45, 7) is 3.69. The van der Waals surface area contributed by atoms with Crippen LogP contribution in [0.1, 0.15) is 13.8 Å². The van der Waals surface area contributed by atoms with E-state index in [1.54, 1.807) is 43.4 Å². The molecule has 0 radical (unpaired) electrons. The number of anilines is 1. The van der Waals surface area contributed by atoms with Gasteiger partial charge in [0.15, 0.2) is 11.5 Å². The van der Waals surface area contributed by atoms with Crippen molar-refractivity contribution < 1.29 is 4.79 Å². The second kappa shape index (κ2) is 8.66. The number of H-pyrrole nitrogens is 2. The summed E-state index contributed by atoms with van der Waals surface area (Å²) in [6.07, 6.45) is 12.2. The number of hydrogen-bond donors (Lipinski definition) is 3. The van der Waals surface area contributed by atoms with Gasteiger partial charge in [-0.15, -0.1) is 0 Å². The molecule has 3 N–H and O–H groups in total. The molecule has 6 rings (SSSR count). The van der Waals surface area contributed by atoms with E-state index in [1.807, 2.05) is 38.1 Å². The van der Waals surface area contributed by atoms with E-state index < -0.39 is 0 Å². The van der Waals surface area contributed by atoms with Crippen LogP contribution in [0.5, 0.6) is 0 Å². The monoisotopic (exact) mass is 475 g/mol. The van der Waals surface area contributed by atoms with Gasteiger partial charge in [0.2, 0.25) is 5.91 Å². The summed E-state index contributed by atoms with van der Waals surface area (Å²) in [6, 6.07) is 7.73. The van der Waals surface area contributed by atoms with Crippen LogP contribution >= 0.6 is 0 Å². The molecule has 6 aromatic rings. The van der Waals surface area contributed by atoms with Crippen LogP contribution in [0.15, 0.2) is 67.6 Å². The molecule has 0 aliphatic rings. The number of nitrogens with zero attached hydrogens (tertiary/aromatic N) is 6. The number of carbonyl (C=O) groups excluding carboxylic acids is 1. The zero-order chi connectivity index (χ0) is 24.6. The van der Waals surface area contributed by atoms with Crippen molar-refractivity contribution in [3.05, 3.63) is 67.6 Å². The Morgan fingerprint density at radius 2 is 1.78 bits per heavy atom. The van der Waals surface area contributed by atoms with E-state index in [1.165, 1.54) is 0 Å². The number of amides is 1. The van der Waals surface area contributed by atoms with Crippen LogP contribution in [0.4, 0.5) is 5.69 Å². The number of rotatable bonds is 5. The quantitative estimate of drug-likeness (QED) is 0.331. The second-order valence-electron chi connectivity index (χ2n) is 8.71. The Hall–Kier alpha value is -4.99. The predicted octanol–water partition coefficient (Wildman–Crippen LogP) is 4.61. The molecule has 0 fully saturated rings. The number of aromatic nitrogens is 8. The molecule has 0 aromatic carbocycles. The molecule has 6 heterocycles. The Bertz CT molecular complexity index is 1720. The zero-order valence-electron chi connectivity index (χ0n) is 19.5. The molecule has 0 saturated heterocycles. The van der Waals surface area contributed by atoms with E-state index >= 15 is 0 Å². The number of imidazole rings is 1. The Labute approximate surface area is 205 Å². The third kappa shape index (κ3) is 3.84. The van der Waals surface area contributed by atoms with Crippen LogP contribution in [0.25, 0.3) is 55.8 Å². The highest BCUT2D eigenvalue weighted by molar-refractivity contribution is 5.97. The second-order valence-corrected chi connectivity index (χ2v) is 8.71. The van der Waals surface area contributed by atoms with Crippen LogP contribution in [0.2, 0.25) is 0 Å². The fourth-order valence-electron chi connectivity index (χ4n) is 3.98. The van der Waals surface area contributed by atoms with E-state index in [0.29, 0.717) is 22.9 Å². The third-order valence-corrected chi connectivity index (χ3v) is 5.88. The molecule has 0 unspecified atom stereocenters. The van der Waals surface area contributed by atoms with Crippen LogP contribution in [-0.2, 0) is 4.79 Å². The topological polar surface area (TPSA) is 138 Å². The summed E-state index contributed by atoms with van der Waals surface area (Å²) in [7, 11) is 0. The lowest BCUT2D eigenvalue weighted by atomic mass is 10.1. The van der Waals surface area contributed by atoms with Gasteiger partial charge in [0.1, 0.15) is 11.2 Å². The Kier molecular flexibility index (Phi) is 5.18. The SMILES string of the molecule is CC(C)C(=O)Nc1cncc(-c2cnc3n[nH]c(-c4nc5c(-c6cccnc6)cncc5[nH]4)c3c2)c1. The summed E-state index contributed by atoms with van der Waals surface area (Å²) in [5, 5.41) is 11.1. The Morgan fingerprint density at radius 1 is 0.944 bits per heavy atom. The predicted molar refractivity (Wildman–Crippen MR) is 137 cm³/mol. The number of hydrogen-bond acceptors (Lipinski definition) is 7. The molecular weight excluding hydrogens is 454 g/mol. The average Bonchev–Trinajstić information content (AvgIpc) is 3.53. The van der Waals surface area contributed by atoms with Gasteiger partial charge in [0.25, 0.3) is 0 Å². The summed E-state index contributed by atoms with van der Waals surface area (Å²) >= 11 is 0. The molecule has 6 aromatic heterocycles. The minimum absolute atomic E-state index is 0.0651. The minimum Gasteiger partial charge on any atom is -0.335 e. The average molecular weight is 476 g/mol. The number of pyridine rings is 4. The third-order valence-electron chi connectivity index (χ3n) is 5.88. The highest BCUT2D eigenvalue weighted by atomic mass is 16.1. The smallest absolute Gasteiger partial charge is 0.226 e. The van der Waals surface area contributed by atoms with Crippen LogP contribution in [0, 0.1) is 5.92 Å². The molecule has 0 spiro atoms. The van der Waals surface area contributed by atoms with E-state index in [4.69, 9.17) is 4.98 Å². The van der Waals surface area contributed by atoms with Crippen molar-refractivity contribution in [2.45, 2.75) is 13.8 Å². The first-order valence-corrected chi connectivity index (χ1v) is 11.4. The van der Waals surface area contributed by atoms with Crippen molar-refractivity contribution in [2.24, 2.45) is 5.92 Å². The molecule has 10 nitrogen and oxygen atoms in total. The van der Waals surface area contributed by atoms with Gasteiger partial charge in [-0.3, -0.25) is 24.8 Å². The summed E-state index contributed by atoms with van der Waals surface area (Å²) in [5.41, 5.74) is 6.99. The largest absolute Gasteiger partial charge is 0.335 e. The molecule has 0 atom stereocenters. The maximum absolute atomic E-state index is 12.1. The van der Waals surface area contributed by atoms with Gasteiger partial charge in [-0.25, -0.2) is 9.97 Å². The number of nitrogens with one attached hydrogen (secondary N) is 3. The van der Waals surface area contributed by atoms with E-state index in [2.05, 4.69) is 40.4 Å². The first kappa shape index (κ1) is 21.5. The highest BCUT2D eigenvalue weighted by Crippen LogP contribution is 2.32. The minimum atomic E-state index is -0.127. The number of aromatic amines is 2. The highest BCUT2D eigenvalue weighted by Gasteiger charge is 2.17.